The molecule has 0 bridgehead atoms. The van der Waals surface area contributed by atoms with Crippen molar-refractivity contribution in [3.05, 3.63) is 65.2 Å². The lowest BCUT2D eigenvalue weighted by molar-refractivity contribution is -0.144. The first-order valence-corrected chi connectivity index (χ1v) is 9.48. The lowest BCUT2D eigenvalue weighted by atomic mass is 9.88. The van der Waals surface area contributed by atoms with Crippen LogP contribution in [-0.4, -0.2) is 42.6 Å². The molecule has 1 spiro atoms. The normalized spacial score (nSPS) is 20.5. The van der Waals surface area contributed by atoms with E-state index >= 15 is 0 Å². The van der Waals surface area contributed by atoms with Gasteiger partial charge < -0.3 is 9.64 Å². The van der Waals surface area contributed by atoms with Gasteiger partial charge in [0.15, 0.2) is 0 Å². The van der Waals surface area contributed by atoms with E-state index < -0.39 is 0 Å². The minimum Gasteiger partial charge on any atom is -0.363 e. The Morgan fingerprint density at radius 2 is 1.69 bits per heavy atom. The zero-order valence-corrected chi connectivity index (χ0v) is 15.5. The molecule has 2 aliphatic rings. The Bertz CT molecular complexity index is 755. The lowest BCUT2D eigenvalue weighted by Gasteiger charge is -2.47. The number of para-hydroxylation sites is 1. The van der Waals surface area contributed by atoms with Crippen LogP contribution in [0.2, 0.25) is 5.02 Å². The van der Waals surface area contributed by atoms with Crippen LogP contribution < -0.4 is 4.90 Å². The molecule has 2 heterocycles. The Kier molecular flexibility index (Phi) is 4.98. The quantitative estimate of drug-likeness (QED) is 0.825. The third-order valence-corrected chi connectivity index (χ3v) is 5.66. The zero-order chi connectivity index (χ0) is 18.0. The molecule has 2 fully saturated rings. The molecule has 4 rings (SSSR count). The largest absolute Gasteiger partial charge is 0.363 e. The highest BCUT2D eigenvalue weighted by atomic mass is 35.5. The fourth-order valence-electron chi connectivity index (χ4n) is 3.83. The molecule has 2 saturated heterocycles. The molecule has 2 aromatic rings. The molecule has 0 atom stereocenters. The number of carbonyl (C=O) groups excluding carboxylic acids is 1. The van der Waals surface area contributed by atoms with Gasteiger partial charge in [-0.2, -0.15) is 0 Å². The SMILES string of the molecule is O=C1COC2(CCN(Cc3ccc(Cl)cc3)CC2)CN1c1ccccc1. The Labute approximate surface area is 159 Å². The highest BCUT2D eigenvalue weighted by Gasteiger charge is 2.42. The Morgan fingerprint density at radius 3 is 2.38 bits per heavy atom. The standard InChI is InChI=1S/C21H23ClN2O2/c22-18-8-6-17(7-9-18)14-23-12-10-21(11-13-23)16-24(20(25)15-26-21)19-4-2-1-3-5-19/h1-9H,10-16H2. The molecule has 0 aliphatic carbocycles. The lowest BCUT2D eigenvalue weighted by Crippen LogP contribution is -2.58. The third kappa shape index (κ3) is 3.78. The van der Waals surface area contributed by atoms with Gasteiger partial charge in [-0.15, -0.1) is 0 Å². The number of ether oxygens (including phenoxy) is 1. The molecule has 26 heavy (non-hydrogen) atoms. The van der Waals surface area contributed by atoms with Gasteiger partial charge >= 0.3 is 0 Å². The van der Waals surface area contributed by atoms with Crippen LogP contribution in [0.5, 0.6) is 0 Å². The first-order chi connectivity index (χ1) is 12.6. The molecule has 1 amide bonds. The molecule has 0 saturated carbocycles. The second kappa shape index (κ2) is 7.39. The summed E-state index contributed by atoms with van der Waals surface area (Å²) in [6, 6.07) is 17.9. The van der Waals surface area contributed by atoms with Gasteiger partial charge in [0.05, 0.1) is 12.1 Å². The molecule has 0 unspecified atom stereocenters. The van der Waals surface area contributed by atoms with Crippen molar-refractivity contribution >= 4 is 23.2 Å². The van der Waals surface area contributed by atoms with Crippen LogP contribution in [0, 0.1) is 0 Å². The number of likely N-dealkylation sites (tertiary alicyclic amines) is 1. The number of carbonyl (C=O) groups is 1. The van der Waals surface area contributed by atoms with Gasteiger partial charge in [-0.1, -0.05) is 41.9 Å². The van der Waals surface area contributed by atoms with Crippen LogP contribution in [0.3, 0.4) is 0 Å². The number of rotatable bonds is 3. The van der Waals surface area contributed by atoms with E-state index in [2.05, 4.69) is 17.0 Å². The number of benzene rings is 2. The molecule has 0 N–H and O–H groups in total. The van der Waals surface area contributed by atoms with Crippen molar-refractivity contribution in [3.8, 4) is 0 Å². The minimum absolute atomic E-state index is 0.0467. The number of halogens is 1. The number of hydrogen-bond acceptors (Lipinski definition) is 3. The maximum atomic E-state index is 12.3. The maximum Gasteiger partial charge on any atom is 0.253 e. The zero-order valence-electron chi connectivity index (χ0n) is 14.7. The van der Waals surface area contributed by atoms with Crippen molar-refractivity contribution in [1.82, 2.24) is 4.90 Å². The minimum atomic E-state index is -0.222. The summed E-state index contributed by atoms with van der Waals surface area (Å²) in [5.41, 5.74) is 2.01. The molecule has 2 aromatic carbocycles. The van der Waals surface area contributed by atoms with E-state index in [0.29, 0.717) is 6.54 Å². The van der Waals surface area contributed by atoms with E-state index in [1.165, 1.54) is 5.56 Å². The molecule has 4 nitrogen and oxygen atoms in total. The van der Waals surface area contributed by atoms with Crippen molar-refractivity contribution < 1.29 is 9.53 Å². The number of hydrogen-bond donors (Lipinski definition) is 0. The van der Waals surface area contributed by atoms with Gasteiger partial charge in [0.1, 0.15) is 6.61 Å². The first kappa shape index (κ1) is 17.5. The molecule has 0 aromatic heterocycles. The van der Waals surface area contributed by atoms with Crippen molar-refractivity contribution in [2.75, 3.05) is 31.1 Å². The van der Waals surface area contributed by atoms with Crippen molar-refractivity contribution in [2.45, 2.75) is 25.0 Å². The number of piperidine rings is 1. The van der Waals surface area contributed by atoms with Gasteiger partial charge in [0.25, 0.3) is 5.91 Å². The maximum absolute atomic E-state index is 12.3. The Hall–Kier alpha value is -1.88. The van der Waals surface area contributed by atoms with Gasteiger partial charge in [-0.25, -0.2) is 0 Å². The van der Waals surface area contributed by atoms with Gasteiger partial charge in [-0.3, -0.25) is 9.69 Å². The summed E-state index contributed by atoms with van der Waals surface area (Å²) < 4.78 is 6.05. The predicted octanol–water partition coefficient (Wildman–Crippen LogP) is 3.74. The summed E-state index contributed by atoms with van der Waals surface area (Å²) in [6.07, 6.45) is 1.88. The predicted molar refractivity (Wildman–Crippen MR) is 103 cm³/mol. The van der Waals surface area contributed by atoms with Gasteiger partial charge in [0, 0.05) is 30.3 Å². The van der Waals surface area contributed by atoms with E-state index in [1.54, 1.807) is 0 Å². The van der Waals surface area contributed by atoms with Crippen LogP contribution in [0.25, 0.3) is 0 Å². The van der Waals surface area contributed by atoms with Crippen LogP contribution in [0.15, 0.2) is 54.6 Å². The highest BCUT2D eigenvalue weighted by molar-refractivity contribution is 6.30. The first-order valence-electron chi connectivity index (χ1n) is 9.10. The number of amides is 1. The topological polar surface area (TPSA) is 32.8 Å². The molecular weight excluding hydrogens is 348 g/mol. The third-order valence-electron chi connectivity index (χ3n) is 5.40. The molecule has 0 radical (unpaired) electrons. The Morgan fingerprint density at radius 1 is 1.00 bits per heavy atom. The van der Waals surface area contributed by atoms with E-state index in [1.807, 2.05) is 47.4 Å². The average Bonchev–Trinajstić information content (AvgIpc) is 2.68. The highest BCUT2D eigenvalue weighted by Crippen LogP contribution is 2.33. The van der Waals surface area contributed by atoms with Crippen molar-refractivity contribution in [2.24, 2.45) is 0 Å². The second-order valence-corrected chi connectivity index (χ2v) is 7.63. The average molecular weight is 371 g/mol. The van der Waals surface area contributed by atoms with Crippen molar-refractivity contribution in [3.63, 3.8) is 0 Å². The van der Waals surface area contributed by atoms with E-state index in [9.17, 15) is 4.79 Å². The summed E-state index contributed by atoms with van der Waals surface area (Å²) in [5.74, 6) is 0.0467. The van der Waals surface area contributed by atoms with E-state index in [0.717, 1.165) is 43.2 Å². The van der Waals surface area contributed by atoms with Crippen LogP contribution in [0.1, 0.15) is 18.4 Å². The fraction of sp³-hybridized carbons (Fsp3) is 0.381. The van der Waals surface area contributed by atoms with Crippen molar-refractivity contribution in [1.29, 1.82) is 0 Å². The van der Waals surface area contributed by atoms with Crippen LogP contribution in [0.4, 0.5) is 5.69 Å². The smallest absolute Gasteiger partial charge is 0.253 e. The molecule has 2 aliphatic heterocycles. The van der Waals surface area contributed by atoms with Crippen LogP contribution in [-0.2, 0) is 16.1 Å². The summed E-state index contributed by atoms with van der Waals surface area (Å²) >= 11 is 5.97. The molecule has 136 valence electrons. The number of nitrogens with zero attached hydrogens (tertiary/aromatic N) is 2. The van der Waals surface area contributed by atoms with E-state index in [4.69, 9.17) is 16.3 Å². The van der Waals surface area contributed by atoms with Gasteiger partial charge in [0.2, 0.25) is 0 Å². The summed E-state index contributed by atoms with van der Waals surface area (Å²) in [6.45, 7) is 3.68. The monoisotopic (exact) mass is 370 g/mol. The summed E-state index contributed by atoms with van der Waals surface area (Å²) in [5, 5.41) is 0.771. The molecule has 5 heteroatoms. The fourth-order valence-corrected chi connectivity index (χ4v) is 3.95. The summed E-state index contributed by atoms with van der Waals surface area (Å²) in [7, 11) is 0. The summed E-state index contributed by atoms with van der Waals surface area (Å²) in [4.78, 5) is 16.7. The van der Waals surface area contributed by atoms with Crippen LogP contribution >= 0.6 is 11.6 Å². The van der Waals surface area contributed by atoms with Gasteiger partial charge in [-0.05, 0) is 42.7 Å². The Balaban J connectivity index is 1.40. The second-order valence-electron chi connectivity index (χ2n) is 7.19. The molecular formula is C21H23ClN2O2. The number of morpholine rings is 1. The van der Waals surface area contributed by atoms with E-state index in [-0.39, 0.29) is 18.1 Å². The number of anilines is 1.